The fourth-order valence-corrected chi connectivity index (χ4v) is 1.89. The van der Waals surface area contributed by atoms with Gasteiger partial charge >= 0.3 is 0 Å². The lowest BCUT2D eigenvalue weighted by molar-refractivity contribution is -0.120. The lowest BCUT2D eigenvalue weighted by Gasteiger charge is -2.08. The fourth-order valence-electron chi connectivity index (χ4n) is 1.89. The van der Waals surface area contributed by atoms with Gasteiger partial charge in [-0.05, 0) is 19.9 Å². The van der Waals surface area contributed by atoms with E-state index in [9.17, 15) is 9.59 Å². The maximum Gasteiger partial charge on any atom is 0.253 e. The molecule has 0 bridgehead atoms. The zero-order chi connectivity index (χ0) is 13.8. The Kier molecular flexibility index (Phi) is 3.85. The van der Waals surface area contributed by atoms with Gasteiger partial charge in [0.25, 0.3) is 5.91 Å². The summed E-state index contributed by atoms with van der Waals surface area (Å²) < 4.78 is 0. The van der Waals surface area contributed by atoms with Crippen LogP contribution < -0.4 is 10.6 Å². The van der Waals surface area contributed by atoms with E-state index in [0.29, 0.717) is 5.56 Å². The first-order chi connectivity index (χ1) is 9.08. The van der Waals surface area contributed by atoms with E-state index in [4.69, 9.17) is 0 Å². The summed E-state index contributed by atoms with van der Waals surface area (Å²) in [6.45, 7) is 3.73. The second-order valence-corrected chi connectivity index (χ2v) is 4.65. The molecule has 2 amide bonds. The Morgan fingerprint density at radius 2 is 2.00 bits per heavy atom. The van der Waals surface area contributed by atoms with Crippen molar-refractivity contribution in [2.24, 2.45) is 0 Å². The van der Waals surface area contributed by atoms with Crippen LogP contribution in [0, 0.1) is 0 Å². The Bertz CT molecular complexity index is 602. The average molecular weight is 259 g/mol. The number of H-pyrrole nitrogens is 1. The number of rotatable bonds is 4. The first kappa shape index (κ1) is 13.1. The normalized spacial score (nSPS) is 10.7. The second kappa shape index (κ2) is 5.56. The van der Waals surface area contributed by atoms with E-state index in [1.807, 2.05) is 38.1 Å². The van der Waals surface area contributed by atoms with Gasteiger partial charge in [-0.15, -0.1) is 0 Å². The summed E-state index contributed by atoms with van der Waals surface area (Å²) in [6.07, 6.45) is 1.65. The van der Waals surface area contributed by atoms with Crippen molar-refractivity contribution >= 4 is 22.7 Å². The molecule has 0 unspecified atom stereocenters. The third-order valence-corrected chi connectivity index (χ3v) is 2.69. The summed E-state index contributed by atoms with van der Waals surface area (Å²) in [4.78, 5) is 26.5. The third-order valence-electron chi connectivity index (χ3n) is 2.69. The molecular formula is C14H17N3O2. The largest absolute Gasteiger partial charge is 0.360 e. The van der Waals surface area contributed by atoms with Crippen LogP contribution in [0.25, 0.3) is 10.9 Å². The summed E-state index contributed by atoms with van der Waals surface area (Å²) >= 11 is 0. The van der Waals surface area contributed by atoms with E-state index in [-0.39, 0.29) is 24.4 Å². The summed E-state index contributed by atoms with van der Waals surface area (Å²) in [5.41, 5.74) is 1.45. The van der Waals surface area contributed by atoms with Gasteiger partial charge in [0, 0.05) is 23.1 Å². The van der Waals surface area contributed by atoms with Crippen molar-refractivity contribution in [2.75, 3.05) is 6.54 Å². The number of hydrogen-bond donors (Lipinski definition) is 3. The Morgan fingerprint density at radius 3 is 2.74 bits per heavy atom. The number of para-hydroxylation sites is 1. The zero-order valence-corrected chi connectivity index (χ0v) is 11.0. The van der Waals surface area contributed by atoms with Gasteiger partial charge in [-0.3, -0.25) is 9.59 Å². The SMILES string of the molecule is CC(C)NC(=O)CNC(=O)c1c[nH]c2ccccc12. The maximum atomic E-state index is 12.0. The molecule has 0 aliphatic carbocycles. The summed E-state index contributed by atoms with van der Waals surface area (Å²) in [5.74, 6) is -0.445. The summed E-state index contributed by atoms with van der Waals surface area (Å²) in [6, 6.07) is 7.61. The molecular weight excluding hydrogens is 242 g/mol. The van der Waals surface area contributed by atoms with E-state index in [1.54, 1.807) is 6.20 Å². The van der Waals surface area contributed by atoms with Crippen LogP contribution >= 0.6 is 0 Å². The first-order valence-corrected chi connectivity index (χ1v) is 6.21. The topological polar surface area (TPSA) is 74.0 Å². The van der Waals surface area contributed by atoms with Crippen molar-refractivity contribution in [3.8, 4) is 0 Å². The molecule has 2 rings (SSSR count). The van der Waals surface area contributed by atoms with Gasteiger partial charge in [0.05, 0.1) is 12.1 Å². The number of aromatic amines is 1. The predicted molar refractivity (Wildman–Crippen MR) is 73.9 cm³/mol. The lowest BCUT2D eigenvalue weighted by atomic mass is 10.1. The number of amides is 2. The molecule has 3 N–H and O–H groups in total. The lowest BCUT2D eigenvalue weighted by Crippen LogP contribution is -2.39. The highest BCUT2D eigenvalue weighted by Gasteiger charge is 2.12. The van der Waals surface area contributed by atoms with Crippen molar-refractivity contribution < 1.29 is 9.59 Å². The number of fused-ring (bicyclic) bond motifs is 1. The monoisotopic (exact) mass is 259 g/mol. The van der Waals surface area contributed by atoms with Crippen LogP contribution in [0.1, 0.15) is 24.2 Å². The van der Waals surface area contributed by atoms with Gasteiger partial charge in [0.2, 0.25) is 5.91 Å². The minimum atomic E-state index is -0.253. The molecule has 0 saturated carbocycles. The van der Waals surface area contributed by atoms with Crippen molar-refractivity contribution in [2.45, 2.75) is 19.9 Å². The molecule has 5 nitrogen and oxygen atoms in total. The Hall–Kier alpha value is -2.30. The highest BCUT2D eigenvalue weighted by Crippen LogP contribution is 2.17. The minimum Gasteiger partial charge on any atom is -0.360 e. The molecule has 1 heterocycles. The van der Waals surface area contributed by atoms with Gasteiger partial charge in [-0.2, -0.15) is 0 Å². The average Bonchev–Trinajstić information content (AvgIpc) is 2.79. The molecule has 0 fully saturated rings. The number of aromatic nitrogens is 1. The van der Waals surface area contributed by atoms with Crippen LogP contribution in [0.15, 0.2) is 30.5 Å². The number of nitrogens with one attached hydrogen (secondary N) is 3. The summed E-state index contributed by atoms with van der Waals surface area (Å²) in [7, 11) is 0. The molecule has 0 aliphatic rings. The number of hydrogen-bond acceptors (Lipinski definition) is 2. The maximum absolute atomic E-state index is 12.0. The van der Waals surface area contributed by atoms with E-state index in [1.165, 1.54) is 0 Å². The predicted octanol–water partition coefficient (Wildman–Crippen LogP) is 1.42. The molecule has 0 spiro atoms. The molecule has 0 radical (unpaired) electrons. The first-order valence-electron chi connectivity index (χ1n) is 6.21. The number of carbonyl (C=O) groups is 2. The third kappa shape index (κ3) is 3.13. The quantitative estimate of drug-likeness (QED) is 0.777. The number of carbonyl (C=O) groups excluding carboxylic acids is 2. The van der Waals surface area contributed by atoms with E-state index >= 15 is 0 Å². The molecule has 100 valence electrons. The van der Waals surface area contributed by atoms with Crippen LogP contribution in [-0.4, -0.2) is 29.4 Å². The molecule has 0 saturated heterocycles. The highest BCUT2D eigenvalue weighted by atomic mass is 16.2. The van der Waals surface area contributed by atoms with Crippen molar-refractivity contribution in [1.82, 2.24) is 15.6 Å². The van der Waals surface area contributed by atoms with E-state index < -0.39 is 0 Å². The van der Waals surface area contributed by atoms with Crippen LogP contribution in [0.3, 0.4) is 0 Å². The van der Waals surface area contributed by atoms with Crippen LogP contribution in [0.4, 0.5) is 0 Å². The van der Waals surface area contributed by atoms with Crippen molar-refractivity contribution in [1.29, 1.82) is 0 Å². The molecule has 1 aromatic carbocycles. The summed E-state index contributed by atoms with van der Waals surface area (Å²) in [5, 5.41) is 6.18. The van der Waals surface area contributed by atoms with Crippen LogP contribution in [-0.2, 0) is 4.79 Å². The van der Waals surface area contributed by atoms with Crippen molar-refractivity contribution in [3.05, 3.63) is 36.0 Å². The molecule has 0 aliphatic heterocycles. The molecule has 5 heteroatoms. The van der Waals surface area contributed by atoms with Crippen molar-refractivity contribution in [3.63, 3.8) is 0 Å². The molecule has 19 heavy (non-hydrogen) atoms. The van der Waals surface area contributed by atoms with Crippen LogP contribution in [0.5, 0.6) is 0 Å². The number of benzene rings is 1. The Labute approximate surface area is 111 Å². The van der Waals surface area contributed by atoms with E-state index in [0.717, 1.165) is 10.9 Å². The fraction of sp³-hybridized carbons (Fsp3) is 0.286. The standard InChI is InChI=1S/C14H17N3O2/c1-9(2)17-13(18)8-16-14(19)11-7-15-12-6-4-3-5-10(11)12/h3-7,9,15H,8H2,1-2H3,(H,16,19)(H,17,18). The van der Waals surface area contributed by atoms with E-state index in [2.05, 4.69) is 15.6 Å². The molecule has 2 aromatic rings. The minimum absolute atomic E-state index is 0.0173. The Morgan fingerprint density at radius 1 is 1.26 bits per heavy atom. The van der Waals surface area contributed by atoms with Gasteiger partial charge in [-0.1, -0.05) is 18.2 Å². The van der Waals surface area contributed by atoms with Crippen LogP contribution in [0.2, 0.25) is 0 Å². The second-order valence-electron chi connectivity index (χ2n) is 4.65. The van der Waals surface area contributed by atoms with Gasteiger partial charge in [-0.25, -0.2) is 0 Å². The smallest absolute Gasteiger partial charge is 0.253 e. The molecule has 1 aromatic heterocycles. The zero-order valence-electron chi connectivity index (χ0n) is 11.0. The van der Waals surface area contributed by atoms with Gasteiger partial charge < -0.3 is 15.6 Å². The van der Waals surface area contributed by atoms with Gasteiger partial charge in [0.15, 0.2) is 0 Å². The Balaban J connectivity index is 2.02. The molecule has 0 atom stereocenters. The van der Waals surface area contributed by atoms with Gasteiger partial charge in [0.1, 0.15) is 0 Å². The highest BCUT2D eigenvalue weighted by molar-refractivity contribution is 6.07.